The number of ether oxygens (including phenoxy) is 1. The molecule has 0 atom stereocenters. The molecule has 134 valence electrons. The first kappa shape index (κ1) is 18.7. The molecule has 0 radical (unpaired) electrons. The van der Waals surface area contributed by atoms with Gasteiger partial charge in [-0.05, 0) is 38.7 Å². The second-order valence-corrected chi connectivity index (χ2v) is 8.05. The Kier molecular flexibility index (Phi) is 5.22. The fourth-order valence-electron chi connectivity index (χ4n) is 2.95. The minimum Gasteiger partial charge on any atom is -0.469 e. The highest BCUT2D eigenvalue weighted by Crippen LogP contribution is 2.44. The number of sulfone groups is 1. The highest BCUT2D eigenvalue weighted by Gasteiger charge is 2.45. The molecular weight excluding hydrogens is 342 g/mol. The van der Waals surface area contributed by atoms with Crippen molar-refractivity contribution in [2.75, 3.05) is 13.4 Å². The number of hydrogen-bond acceptors (Lipinski definition) is 6. The van der Waals surface area contributed by atoms with E-state index < -0.39 is 32.5 Å². The number of methoxy groups -OCH3 is 1. The van der Waals surface area contributed by atoms with Crippen LogP contribution < -0.4 is 0 Å². The van der Waals surface area contributed by atoms with Crippen molar-refractivity contribution in [2.45, 2.75) is 43.7 Å². The van der Waals surface area contributed by atoms with Crippen LogP contribution in [0, 0.1) is 18.8 Å². The van der Waals surface area contributed by atoms with Gasteiger partial charge < -0.3 is 4.74 Å². The molecule has 24 heavy (non-hydrogen) atoms. The predicted molar refractivity (Wildman–Crippen MR) is 81.2 cm³/mol. The molecule has 6 nitrogen and oxygen atoms in total. The minimum absolute atomic E-state index is 0.143. The standard InChI is InChI=1S/C15H20F2N2O4S/c1-9-8-12(19-14(18-9)24(3,21)22)15(16,17)11-6-4-10(5-7-11)13(20)23-2/h8,10-11H,4-7H2,1-3H3/t10-,11-. The first-order valence-corrected chi connectivity index (χ1v) is 9.46. The van der Waals surface area contributed by atoms with Gasteiger partial charge in [0.05, 0.1) is 13.0 Å². The van der Waals surface area contributed by atoms with Gasteiger partial charge in [-0.1, -0.05) is 0 Å². The highest BCUT2D eigenvalue weighted by molar-refractivity contribution is 7.90. The largest absolute Gasteiger partial charge is 0.469 e. The maximum absolute atomic E-state index is 14.8. The molecule has 0 saturated heterocycles. The Balaban J connectivity index is 2.25. The monoisotopic (exact) mass is 362 g/mol. The molecule has 1 aliphatic rings. The van der Waals surface area contributed by atoms with Crippen LogP contribution in [-0.4, -0.2) is 37.7 Å². The van der Waals surface area contributed by atoms with Crippen molar-refractivity contribution in [2.24, 2.45) is 11.8 Å². The van der Waals surface area contributed by atoms with Crippen molar-refractivity contribution in [3.05, 3.63) is 17.5 Å². The number of aromatic nitrogens is 2. The lowest BCUT2D eigenvalue weighted by atomic mass is 9.78. The minimum atomic E-state index is -3.78. The van der Waals surface area contributed by atoms with Crippen molar-refractivity contribution in [3.8, 4) is 0 Å². The predicted octanol–water partition coefficient (Wildman–Crippen LogP) is 2.26. The second kappa shape index (κ2) is 6.70. The Bertz CT molecular complexity index is 729. The van der Waals surface area contributed by atoms with Crippen LogP contribution in [0.2, 0.25) is 0 Å². The third kappa shape index (κ3) is 3.88. The van der Waals surface area contributed by atoms with Crippen molar-refractivity contribution in [1.29, 1.82) is 0 Å². The van der Waals surface area contributed by atoms with Crippen LogP contribution >= 0.6 is 0 Å². The molecule has 0 aromatic carbocycles. The number of nitrogens with zero attached hydrogens (tertiary/aromatic N) is 2. The van der Waals surface area contributed by atoms with Gasteiger partial charge in [0.15, 0.2) is 0 Å². The number of aryl methyl sites for hydroxylation is 1. The van der Waals surface area contributed by atoms with Gasteiger partial charge in [0.1, 0.15) is 5.69 Å². The lowest BCUT2D eigenvalue weighted by molar-refractivity contribution is -0.149. The number of carbonyl (C=O) groups is 1. The molecular formula is C15H20F2N2O4S. The van der Waals surface area contributed by atoms with E-state index in [1.165, 1.54) is 14.0 Å². The smallest absolute Gasteiger partial charge is 0.308 e. The number of carbonyl (C=O) groups excluding carboxylic acids is 1. The fraction of sp³-hybridized carbons (Fsp3) is 0.667. The van der Waals surface area contributed by atoms with E-state index in [0.29, 0.717) is 12.8 Å². The Morgan fingerprint density at radius 2 is 1.83 bits per heavy atom. The molecule has 0 bridgehead atoms. The third-order valence-electron chi connectivity index (χ3n) is 4.28. The van der Waals surface area contributed by atoms with Crippen LogP contribution in [-0.2, 0) is 25.3 Å². The summed E-state index contributed by atoms with van der Waals surface area (Å²) in [4.78, 5) is 18.8. The van der Waals surface area contributed by atoms with Gasteiger partial charge in [0.25, 0.3) is 5.92 Å². The van der Waals surface area contributed by atoms with Gasteiger partial charge in [-0.15, -0.1) is 0 Å². The van der Waals surface area contributed by atoms with Crippen molar-refractivity contribution < 1.29 is 26.7 Å². The van der Waals surface area contributed by atoms with Gasteiger partial charge in [0.2, 0.25) is 15.0 Å². The Morgan fingerprint density at radius 3 is 2.33 bits per heavy atom. The first-order chi connectivity index (χ1) is 11.1. The van der Waals surface area contributed by atoms with Gasteiger partial charge in [-0.2, -0.15) is 8.78 Å². The molecule has 1 aromatic rings. The third-order valence-corrected chi connectivity index (χ3v) is 5.13. The van der Waals surface area contributed by atoms with E-state index in [0.717, 1.165) is 12.3 Å². The quantitative estimate of drug-likeness (QED) is 0.603. The molecule has 0 aliphatic heterocycles. The number of rotatable bonds is 4. The van der Waals surface area contributed by atoms with Crippen LogP contribution in [0.25, 0.3) is 0 Å². The zero-order valence-electron chi connectivity index (χ0n) is 13.8. The molecule has 0 unspecified atom stereocenters. The molecule has 0 amide bonds. The van der Waals surface area contributed by atoms with Gasteiger partial charge in [0, 0.05) is 17.9 Å². The normalized spacial score (nSPS) is 22.2. The maximum Gasteiger partial charge on any atom is 0.308 e. The molecule has 1 aliphatic carbocycles. The zero-order chi connectivity index (χ0) is 18.1. The summed E-state index contributed by atoms with van der Waals surface area (Å²) in [6.45, 7) is 1.45. The average molecular weight is 362 g/mol. The Hall–Kier alpha value is -1.64. The van der Waals surface area contributed by atoms with E-state index >= 15 is 0 Å². The Morgan fingerprint density at radius 1 is 1.25 bits per heavy atom. The van der Waals surface area contributed by atoms with E-state index in [4.69, 9.17) is 0 Å². The number of halogens is 2. The molecule has 0 spiro atoms. The summed E-state index contributed by atoms with van der Waals surface area (Å²) in [7, 11) is -2.50. The van der Waals surface area contributed by atoms with Crippen molar-refractivity contribution in [1.82, 2.24) is 9.97 Å². The SMILES string of the molecule is COC(=O)[C@H]1CC[C@H](C(F)(F)c2cc(C)nc(S(C)(=O)=O)n2)CC1. The first-order valence-electron chi connectivity index (χ1n) is 7.57. The van der Waals surface area contributed by atoms with Gasteiger partial charge in [-0.3, -0.25) is 4.79 Å². The van der Waals surface area contributed by atoms with E-state index in [1.54, 1.807) is 0 Å². The van der Waals surface area contributed by atoms with Crippen LogP contribution in [0.5, 0.6) is 0 Å². The molecule has 1 fully saturated rings. The van der Waals surface area contributed by atoms with E-state index in [1.807, 2.05) is 0 Å². The van der Waals surface area contributed by atoms with E-state index in [-0.39, 0.29) is 30.4 Å². The number of esters is 1. The summed E-state index contributed by atoms with van der Waals surface area (Å²) >= 11 is 0. The Labute approximate surface area is 139 Å². The van der Waals surface area contributed by atoms with Crippen LogP contribution in [0.15, 0.2) is 11.2 Å². The molecule has 1 aromatic heterocycles. The molecule has 2 rings (SSSR count). The van der Waals surface area contributed by atoms with Crippen LogP contribution in [0.4, 0.5) is 8.78 Å². The summed E-state index contributed by atoms with van der Waals surface area (Å²) in [5.41, 5.74) is -0.416. The van der Waals surface area contributed by atoms with Gasteiger partial charge >= 0.3 is 5.97 Å². The van der Waals surface area contributed by atoms with Crippen molar-refractivity contribution in [3.63, 3.8) is 0 Å². The number of alkyl halides is 2. The van der Waals surface area contributed by atoms with E-state index in [9.17, 15) is 22.0 Å². The lowest BCUT2D eigenvalue weighted by Gasteiger charge is -2.32. The highest BCUT2D eigenvalue weighted by atomic mass is 32.2. The summed E-state index contributed by atoms with van der Waals surface area (Å²) in [5.74, 6) is -5.02. The zero-order valence-corrected chi connectivity index (χ0v) is 14.6. The topological polar surface area (TPSA) is 86.2 Å². The summed E-state index contributed by atoms with van der Waals surface area (Å²) in [6, 6.07) is 1.11. The maximum atomic E-state index is 14.8. The number of hydrogen-bond donors (Lipinski definition) is 0. The molecule has 0 N–H and O–H groups in total. The molecule has 1 heterocycles. The molecule has 1 saturated carbocycles. The van der Waals surface area contributed by atoms with E-state index in [2.05, 4.69) is 14.7 Å². The molecule has 9 heteroatoms. The fourth-order valence-corrected chi connectivity index (χ4v) is 3.52. The summed E-state index contributed by atoms with van der Waals surface area (Å²) in [5, 5.41) is -0.597. The summed E-state index contributed by atoms with van der Waals surface area (Å²) < 4.78 is 57.4. The van der Waals surface area contributed by atoms with Crippen LogP contribution in [0.1, 0.15) is 37.1 Å². The second-order valence-electron chi connectivity index (χ2n) is 6.14. The van der Waals surface area contributed by atoms with Gasteiger partial charge in [-0.25, -0.2) is 18.4 Å². The average Bonchev–Trinajstić information content (AvgIpc) is 2.52. The lowest BCUT2D eigenvalue weighted by Crippen LogP contribution is -2.33. The summed E-state index contributed by atoms with van der Waals surface area (Å²) in [6.07, 6.45) is 1.80. The van der Waals surface area contributed by atoms with Crippen LogP contribution in [0.3, 0.4) is 0 Å². The van der Waals surface area contributed by atoms with Crippen molar-refractivity contribution >= 4 is 15.8 Å².